The minimum atomic E-state index is -0.202. The Hall–Kier alpha value is -1.61. The molecular weight excluding hydrogens is 276 g/mol. The van der Waals surface area contributed by atoms with E-state index in [2.05, 4.69) is 25.6 Å². The van der Waals surface area contributed by atoms with E-state index >= 15 is 0 Å². The molecule has 0 aromatic heterocycles. The number of benzene rings is 1. The van der Waals surface area contributed by atoms with E-state index in [-0.39, 0.29) is 30.0 Å². The topological polar surface area (TPSA) is 35.5 Å². The maximum Gasteiger partial charge on any atom is 0.311 e. The molecule has 1 aliphatic rings. The molecule has 0 saturated carbocycles. The molecule has 0 N–H and O–H groups in total. The quantitative estimate of drug-likeness (QED) is 0.601. The lowest BCUT2D eigenvalue weighted by molar-refractivity contribution is -0.168. The Kier molecular flexibility index (Phi) is 5.78. The molecule has 22 heavy (non-hydrogen) atoms. The third kappa shape index (κ3) is 3.58. The van der Waals surface area contributed by atoms with Crippen LogP contribution < -0.4 is 0 Å². The van der Waals surface area contributed by atoms with Crippen molar-refractivity contribution in [2.24, 2.45) is 11.8 Å². The monoisotopic (exact) mass is 302 g/mol. The molecule has 0 amide bonds. The van der Waals surface area contributed by atoms with E-state index < -0.39 is 0 Å². The summed E-state index contributed by atoms with van der Waals surface area (Å²) < 4.78 is 11.5. The third-order valence-corrected chi connectivity index (χ3v) is 4.40. The van der Waals surface area contributed by atoms with Crippen molar-refractivity contribution in [3.63, 3.8) is 0 Å². The van der Waals surface area contributed by atoms with Crippen LogP contribution in [0.2, 0.25) is 0 Å². The van der Waals surface area contributed by atoms with Gasteiger partial charge in [-0.1, -0.05) is 49.4 Å². The van der Waals surface area contributed by atoms with Crippen LogP contribution in [0.1, 0.15) is 45.3 Å². The zero-order valence-electron chi connectivity index (χ0n) is 13.7. The fraction of sp³-hybridized carbons (Fsp3) is 0.526. The maximum atomic E-state index is 12.2. The molecule has 1 aromatic carbocycles. The Morgan fingerprint density at radius 1 is 1.27 bits per heavy atom. The molecule has 0 bridgehead atoms. The lowest BCUT2D eigenvalue weighted by atomic mass is 9.77. The van der Waals surface area contributed by atoms with Gasteiger partial charge in [-0.15, -0.1) is 0 Å². The van der Waals surface area contributed by atoms with E-state index in [1.54, 1.807) is 0 Å². The number of carbonyl (C=O) groups is 1. The third-order valence-electron chi connectivity index (χ3n) is 4.40. The molecule has 1 saturated heterocycles. The van der Waals surface area contributed by atoms with Crippen LogP contribution in [0.3, 0.4) is 0 Å². The Labute approximate surface area is 133 Å². The molecule has 0 aliphatic carbocycles. The highest BCUT2D eigenvalue weighted by Gasteiger charge is 2.42. The second-order valence-corrected chi connectivity index (χ2v) is 5.96. The van der Waals surface area contributed by atoms with Crippen LogP contribution in [0.5, 0.6) is 0 Å². The summed E-state index contributed by atoms with van der Waals surface area (Å²) in [6.45, 7) is 10.4. The van der Waals surface area contributed by atoms with Gasteiger partial charge in [-0.25, -0.2) is 0 Å². The van der Waals surface area contributed by atoms with Gasteiger partial charge in [-0.3, -0.25) is 4.79 Å². The highest BCUT2D eigenvalue weighted by Crippen LogP contribution is 2.43. The zero-order chi connectivity index (χ0) is 16.1. The van der Waals surface area contributed by atoms with E-state index in [4.69, 9.17) is 9.47 Å². The molecule has 120 valence electrons. The van der Waals surface area contributed by atoms with Crippen LogP contribution in [-0.4, -0.2) is 18.7 Å². The molecule has 4 atom stereocenters. The molecule has 1 fully saturated rings. The van der Waals surface area contributed by atoms with Crippen molar-refractivity contribution >= 4 is 5.97 Å². The SMILES string of the molecule is C=C(C)[C@@H]1C[C@H](C(=O)OCC)[C@@H](CC)O[C@H]1c1ccccc1. The lowest BCUT2D eigenvalue weighted by Crippen LogP contribution is -2.41. The van der Waals surface area contributed by atoms with Crippen LogP contribution in [0.15, 0.2) is 42.5 Å². The molecule has 1 heterocycles. The van der Waals surface area contributed by atoms with Gasteiger partial charge >= 0.3 is 5.97 Å². The Bertz CT molecular complexity index is 509. The second-order valence-electron chi connectivity index (χ2n) is 5.96. The lowest BCUT2D eigenvalue weighted by Gasteiger charge is -2.41. The number of rotatable bonds is 5. The van der Waals surface area contributed by atoms with Gasteiger partial charge in [0, 0.05) is 5.92 Å². The van der Waals surface area contributed by atoms with Crippen LogP contribution in [0, 0.1) is 11.8 Å². The number of esters is 1. The summed E-state index contributed by atoms with van der Waals surface area (Å²) in [7, 11) is 0. The predicted octanol–water partition coefficient (Wildman–Crippen LogP) is 4.30. The summed E-state index contributed by atoms with van der Waals surface area (Å²) in [5.74, 6) is -0.210. The fourth-order valence-corrected chi connectivity index (χ4v) is 3.22. The summed E-state index contributed by atoms with van der Waals surface area (Å²) in [6.07, 6.45) is 1.41. The van der Waals surface area contributed by atoms with Crippen molar-refractivity contribution in [2.45, 2.75) is 45.8 Å². The smallest absolute Gasteiger partial charge is 0.311 e. The highest BCUT2D eigenvalue weighted by atomic mass is 16.5. The zero-order valence-corrected chi connectivity index (χ0v) is 13.7. The summed E-state index contributed by atoms with van der Waals surface area (Å²) in [6, 6.07) is 10.2. The Morgan fingerprint density at radius 2 is 1.95 bits per heavy atom. The van der Waals surface area contributed by atoms with Crippen LogP contribution >= 0.6 is 0 Å². The van der Waals surface area contributed by atoms with Gasteiger partial charge < -0.3 is 9.47 Å². The van der Waals surface area contributed by atoms with Gasteiger partial charge in [0.05, 0.1) is 24.7 Å². The van der Waals surface area contributed by atoms with E-state index in [1.807, 2.05) is 32.0 Å². The minimum absolute atomic E-state index is 0.0330. The predicted molar refractivity (Wildman–Crippen MR) is 87.4 cm³/mol. The first-order valence-electron chi connectivity index (χ1n) is 8.10. The van der Waals surface area contributed by atoms with Gasteiger partial charge in [0.15, 0.2) is 0 Å². The van der Waals surface area contributed by atoms with Crippen molar-refractivity contribution in [1.82, 2.24) is 0 Å². The Morgan fingerprint density at radius 3 is 2.50 bits per heavy atom. The summed E-state index contributed by atoms with van der Waals surface area (Å²) >= 11 is 0. The molecule has 3 heteroatoms. The summed E-state index contributed by atoms with van der Waals surface area (Å²) in [5, 5.41) is 0. The van der Waals surface area contributed by atoms with E-state index in [0.29, 0.717) is 6.61 Å². The number of hydrogen-bond acceptors (Lipinski definition) is 3. The molecule has 3 nitrogen and oxygen atoms in total. The number of ether oxygens (including phenoxy) is 2. The minimum Gasteiger partial charge on any atom is -0.466 e. The maximum absolute atomic E-state index is 12.2. The molecule has 1 aromatic rings. The number of hydrogen-bond donors (Lipinski definition) is 0. The van der Waals surface area contributed by atoms with E-state index in [9.17, 15) is 4.79 Å². The first-order chi connectivity index (χ1) is 10.6. The molecule has 0 radical (unpaired) electrons. The average Bonchev–Trinajstić information content (AvgIpc) is 2.54. The van der Waals surface area contributed by atoms with Crippen LogP contribution in [0.25, 0.3) is 0 Å². The van der Waals surface area contributed by atoms with Gasteiger partial charge in [0.1, 0.15) is 0 Å². The highest BCUT2D eigenvalue weighted by molar-refractivity contribution is 5.73. The van der Waals surface area contributed by atoms with Gasteiger partial charge in [-0.2, -0.15) is 0 Å². The van der Waals surface area contributed by atoms with Crippen LogP contribution in [-0.2, 0) is 14.3 Å². The van der Waals surface area contributed by atoms with Crippen molar-refractivity contribution < 1.29 is 14.3 Å². The van der Waals surface area contributed by atoms with Gasteiger partial charge in [0.2, 0.25) is 0 Å². The van der Waals surface area contributed by atoms with E-state index in [1.165, 1.54) is 0 Å². The molecule has 0 spiro atoms. The van der Waals surface area contributed by atoms with Crippen molar-refractivity contribution in [3.05, 3.63) is 48.0 Å². The first-order valence-corrected chi connectivity index (χ1v) is 8.10. The van der Waals surface area contributed by atoms with E-state index in [0.717, 1.165) is 24.0 Å². The van der Waals surface area contributed by atoms with Crippen molar-refractivity contribution in [2.75, 3.05) is 6.61 Å². The molecule has 1 aliphatic heterocycles. The summed E-state index contributed by atoms with van der Waals surface area (Å²) in [5.41, 5.74) is 2.20. The van der Waals surface area contributed by atoms with Gasteiger partial charge in [0.25, 0.3) is 0 Å². The fourth-order valence-electron chi connectivity index (χ4n) is 3.22. The van der Waals surface area contributed by atoms with Crippen LogP contribution in [0.4, 0.5) is 0 Å². The van der Waals surface area contributed by atoms with Crippen molar-refractivity contribution in [3.8, 4) is 0 Å². The Balaban J connectivity index is 2.27. The summed E-state index contributed by atoms with van der Waals surface area (Å²) in [4.78, 5) is 12.2. The average molecular weight is 302 g/mol. The van der Waals surface area contributed by atoms with Gasteiger partial charge in [-0.05, 0) is 32.3 Å². The van der Waals surface area contributed by atoms with Crippen molar-refractivity contribution in [1.29, 1.82) is 0 Å². The number of carbonyl (C=O) groups excluding carboxylic acids is 1. The molecule has 0 unspecified atom stereocenters. The molecular formula is C19H26O3. The first kappa shape index (κ1) is 16.8. The normalized spacial score (nSPS) is 28.1. The molecule has 2 rings (SSSR count). The largest absolute Gasteiger partial charge is 0.466 e. The standard InChI is InChI=1S/C19H26O3/c1-5-17-16(19(20)21-6-2)12-15(13(3)4)18(22-17)14-10-8-7-9-11-14/h7-11,15-18H,3,5-6,12H2,1-2,4H3/t15-,16-,17+,18-/m0/s1. The second kappa shape index (κ2) is 7.59.